The summed E-state index contributed by atoms with van der Waals surface area (Å²) >= 11 is 0. The SMILES string of the molecule is COC(=O)[C@@]1(N)CC[C@@H](c2ccc(C#CCOCc3ccccc3)cc2)C1. The van der Waals surface area contributed by atoms with Crippen molar-refractivity contribution in [2.24, 2.45) is 5.73 Å². The molecule has 1 aliphatic carbocycles. The number of benzene rings is 2. The molecule has 0 heterocycles. The molecule has 140 valence electrons. The molecular weight excluding hydrogens is 338 g/mol. The lowest BCUT2D eigenvalue weighted by Gasteiger charge is -2.20. The van der Waals surface area contributed by atoms with Gasteiger partial charge in [-0.15, -0.1) is 0 Å². The normalized spacial score (nSPS) is 21.3. The third kappa shape index (κ3) is 4.97. The van der Waals surface area contributed by atoms with E-state index in [1.54, 1.807) is 0 Å². The molecule has 1 saturated carbocycles. The van der Waals surface area contributed by atoms with E-state index in [9.17, 15) is 4.79 Å². The monoisotopic (exact) mass is 363 g/mol. The molecule has 0 saturated heterocycles. The van der Waals surface area contributed by atoms with Gasteiger partial charge < -0.3 is 15.2 Å². The van der Waals surface area contributed by atoms with Crippen molar-refractivity contribution in [3.05, 3.63) is 71.3 Å². The first-order valence-electron chi connectivity index (χ1n) is 9.18. The van der Waals surface area contributed by atoms with E-state index in [4.69, 9.17) is 15.2 Å². The van der Waals surface area contributed by atoms with Crippen LogP contribution in [-0.2, 0) is 20.9 Å². The summed E-state index contributed by atoms with van der Waals surface area (Å²) in [5.41, 5.74) is 8.63. The number of hydrogen-bond donors (Lipinski definition) is 1. The molecule has 0 unspecified atom stereocenters. The van der Waals surface area contributed by atoms with Gasteiger partial charge in [0.15, 0.2) is 0 Å². The predicted molar refractivity (Wildman–Crippen MR) is 105 cm³/mol. The molecule has 2 N–H and O–H groups in total. The molecule has 0 spiro atoms. The maximum Gasteiger partial charge on any atom is 0.325 e. The highest BCUT2D eigenvalue weighted by Crippen LogP contribution is 2.40. The van der Waals surface area contributed by atoms with Gasteiger partial charge in [-0.05, 0) is 48.4 Å². The van der Waals surface area contributed by atoms with Crippen molar-refractivity contribution >= 4 is 5.97 Å². The summed E-state index contributed by atoms with van der Waals surface area (Å²) in [5.74, 6) is 6.13. The smallest absolute Gasteiger partial charge is 0.325 e. The number of rotatable bonds is 5. The molecule has 2 aromatic rings. The molecule has 1 aliphatic rings. The highest BCUT2D eigenvalue weighted by Gasteiger charge is 2.43. The van der Waals surface area contributed by atoms with Crippen LogP contribution in [0.5, 0.6) is 0 Å². The zero-order chi connectivity index (χ0) is 19.1. The molecule has 0 aliphatic heterocycles. The summed E-state index contributed by atoms with van der Waals surface area (Å²) < 4.78 is 10.4. The van der Waals surface area contributed by atoms with E-state index in [1.807, 2.05) is 42.5 Å². The van der Waals surface area contributed by atoms with E-state index in [1.165, 1.54) is 12.7 Å². The molecule has 2 aromatic carbocycles. The third-order valence-corrected chi connectivity index (χ3v) is 5.04. The largest absolute Gasteiger partial charge is 0.468 e. The number of esters is 1. The van der Waals surface area contributed by atoms with Crippen molar-refractivity contribution in [3.63, 3.8) is 0 Å². The fourth-order valence-corrected chi connectivity index (χ4v) is 3.52. The maximum absolute atomic E-state index is 11.9. The highest BCUT2D eigenvalue weighted by molar-refractivity contribution is 5.81. The second kappa shape index (κ2) is 8.85. The number of hydrogen-bond acceptors (Lipinski definition) is 4. The fourth-order valence-electron chi connectivity index (χ4n) is 3.52. The van der Waals surface area contributed by atoms with E-state index in [-0.39, 0.29) is 11.9 Å². The second-order valence-electron chi connectivity index (χ2n) is 6.99. The number of nitrogens with two attached hydrogens (primary N) is 1. The Hall–Kier alpha value is -2.61. The second-order valence-corrected chi connectivity index (χ2v) is 6.99. The quantitative estimate of drug-likeness (QED) is 0.502. The van der Waals surface area contributed by atoms with Crippen molar-refractivity contribution in [3.8, 4) is 11.8 Å². The van der Waals surface area contributed by atoms with Gasteiger partial charge in [-0.1, -0.05) is 54.3 Å². The first-order valence-corrected chi connectivity index (χ1v) is 9.18. The average molecular weight is 363 g/mol. The highest BCUT2D eigenvalue weighted by atomic mass is 16.5. The minimum atomic E-state index is -0.853. The van der Waals surface area contributed by atoms with Gasteiger partial charge in [0.05, 0.1) is 13.7 Å². The summed E-state index contributed by atoms with van der Waals surface area (Å²) in [6.45, 7) is 0.964. The zero-order valence-electron chi connectivity index (χ0n) is 15.6. The van der Waals surface area contributed by atoms with Crippen LogP contribution >= 0.6 is 0 Å². The van der Waals surface area contributed by atoms with Crippen LogP contribution in [0.1, 0.15) is 41.9 Å². The van der Waals surface area contributed by atoms with Crippen LogP contribution in [0.15, 0.2) is 54.6 Å². The lowest BCUT2D eigenvalue weighted by atomic mass is 9.93. The molecule has 1 fully saturated rings. The van der Waals surface area contributed by atoms with Gasteiger partial charge in [0.2, 0.25) is 0 Å². The molecular formula is C23H25NO3. The van der Waals surface area contributed by atoms with E-state index in [2.05, 4.69) is 24.0 Å². The summed E-state index contributed by atoms with van der Waals surface area (Å²) in [4.78, 5) is 11.9. The van der Waals surface area contributed by atoms with E-state index in [0.29, 0.717) is 26.1 Å². The van der Waals surface area contributed by atoms with Crippen LogP contribution < -0.4 is 5.73 Å². The molecule has 0 aromatic heterocycles. The molecule has 0 bridgehead atoms. The molecule has 2 atom stereocenters. The Bertz CT molecular complexity index is 820. The van der Waals surface area contributed by atoms with Gasteiger partial charge in [0.25, 0.3) is 0 Å². The molecule has 0 amide bonds. The lowest BCUT2D eigenvalue weighted by Crippen LogP contribution is -2.46. The topological polar surface area (TPSA) is 61.5 Å². The van der Waals surface area contributed by atoms with Crippen molar-refractivity contribution in [2.45, 2.75) is 37.3 Å². The Balaban J connectivity index is 1.50. The number of carbonyl (C=O) groups is 1. The standard InChI is InChI=1S/C23H25NO3/c1-26-22(25)23(24)14-13-21(16-23)20-11-9-18(10-12-20)8-5-15-27-17-19-6-3-2-4-7-19/h2-4,6-7,9-12,21H,13-17,24H2,1H3/t21-,23-/m1/s1. The van der Waals surface area contributed by atoms with Gasteiger partial charge in [-0.3, -0.25) is 4.79 Å². The molecule has 4 nitrogen and oxygen atoms in total. The third-order valence-electron chi connectivity index (χ3n) is 5.04. The first kappa shape index (κ1) is 19.2. The van der Waals surface area contributed by atoms with Crippen LogP contribution in [0.3, 0.4) is 0 Å². The minimum absolute atomic E-state index is 0.283. The van der Waals surface area contributed by atoms with Crippen LogP contribution in [0.2, 0.25) is 0 Å². The predicted octanol–water partition coefficient (Wildman–Crippen LogP) is 3.39. The maximum atomic E-state index is 11.9. The van der Waals surface area contributed by atoms with Gasteiger partial charge in [-0.25, -0.2) is 0 Å². The van der Waals surface area contributed by atoms with Crippen molar-refractivity contribution in [1.82, 2.24) is 0 Å². The van der Waals surface area contributed by atoms with Gasteiger partial charge in [-0.2, -0.15) is 0 Å². The van der Waals surface area contributed by atoms with Crippen molar-refractivity contribution in [1.29, 1.82) is 0 Å². The molecule has 0 radical (unpaired) electrons. The zero-order valence-corrected chi connectivity index (χ0v) is 15.6. The van der Waals surface area contributed by atoms with Crippen molar-refractivity contribution < 1.29 is 14.3 Å². The molecule has 3 rings (SSSR count). The van der Waals surface area contributed by atoms with E-state index >= 15 is 0 Å². The first-order chi connectivity index (χ1) is 13.1. The minimum Gasteiger partial charge on any atom is -0.468 e. The van der Waals surface area contributed by atoms with E-state index < -0.39 is 5.54 Å². The molecule has 27 heavy (non-hydrogen) atoms. The number of ether oxygens (including phenoxy) is 2. The fraction of sp³-hybridized carbons (Fsp3) is 0.348. The van der Waals surface area contributed by atoms with Crippen LogP contribution in [0.25, 0.3) is 0 Å². The molecule has 4 heteroatoms. The summed E-state index contributed by atoms with van der Waals surface area (Å²) in [7, 11) is 1.39. The summed E-state index contributed by atoms with van der Waals surface area (Å²) in [5, 5.41) is 0. The summed E-state index contributed by atoms with van der Waals surface area (Å²) in [6, 6.07) is 18.2. The van der Waals surface area contributed by atoms with E-state index in [0.717, 1.165) is 17.5 Å². The van der Waals surface area contributed by atoms with Crippen LogP contribution in [-0.4, -0.2) is 25.2 Å². The number of methoxy groups -OCH3 is 1. The van der Waals surface area contributed by atoms with Gasteiger partial charge >= 0.3 is 5.97 Å². The van der Waals surface area contributed by atoms with Crippen molar-refractivity contribution in [2.75, 3.05) is 13.7 Å². The Morgan fingerprint density at radius 3 is 2.63 bits per heavy atom. The lowest BCUT2D eigenvalue weighted by molar-refractivity contribution is -0.146. The van der Waals surface area contributed by atoms with Crippen LogP contribution in [0, 0.1) is 11.8 Å². The number of carbonyl (C=O) groups excluding carboxylic acids is 1. The Labute approximate surface area is 160 Å². The Kier molecular flexibility index (Phi) is 6.28. The summed E-state index contributed by atoms with van der Waals surface area (Å²) in [6.07, 6.45) is 2.17. The van der Waals surface area contributed by atoms with Gasteiger partial charge in [0.1, 0.15) is 12.1 Å². The Morgan fingerprint density at radius 1 is 1.19 bits per heavy atom. The average Bonchev–Trinajstić information content (AvgIpc) is 3.12. The van der Waals surface area contributed by atoms with Crippen LogP contribution in [0.4, 0.5) is 0 Å². The van der Waals surface area contributed by atoms with Gasteiger partial charge in [0, 0.05) is 5.56 Å². The Morgan fingerprint density at radius 2 is 1.93 bits per heavy atom.